The van der Waals surface area contributed by atoms with E-state index in [1.165, 1.54) is 115 Å². The van der Waals surface area contributed by atoms with E-state index in [0.717, 1.165) is 5.69 Å². The van der Waals surface area contributed by atoms with Gasteiger partial charge in [-0.25, -0.2) is 0 Å². The van der Waals surface area contributed by atoms with E-state index in [1.807, 2.05) is 0 Å². The number of hydrogen-bond donors (Lipinski definition) is 0. The van der Waals surface area contributed by atoms with Gasteiger partial charge in [0.05, 0.1) is 11.0 Å². The second-order valence-electron chi connectivity index (χ2n) is 18.1. The lowest BCUT2D eigenvalue weighted by atomic mass is 9.79. The standard InChI is InChI=1S/C67H45N/c1-3-14-45(15-4-1)57-36-39-61(62(40-57)49-16-5-2-6-17-49)67(52-32-28-50(29-33-52)60-25-13-23-48-18-11-12-24-59(48)60)51-30-26-46(27-31-51)47-34-37-58(38-35-47)68-65-43-55-21-9-7-19-53(55)41-63(65)64-42-54-20-8-10-22-56(54)44-66(64)68/h1-44,67H. The first-order chi connectivity index (χ1) is 33.7. The van der Waals surface area contributed by atoms with Crippen LogP contribution >= 0.6 is 0 Å². The van der Waals surface area contributed by atoms with Crippen molar-refractivity contribution in [1.82, 2.24) is 4.57 Å². The first kappa shape index (κ1) is 39.6. The Bertz CT molecular complexity index is 3880. The monoisotopic (exact) mass is 863 g/mol. The predicted molar refractivity (Wildman–Crippen MR) is 289 cm³/mol. The van der Waals surface area contributed by atoms with Crippen LogP contribution in [0, 0.1) is 0 Å². The van der Waals surface area contributed by atoms with Crippen molar-refractivity contribution in [2.75, 3.05) is 0 Å². The molecule has 12 aromatic carbocycles. The molecule has 318 valence electrons. The number of rotatable bonds is 8. The number of hydrogen-bond acceptors (Lipinski definition) is 0. The maximum Gasteiger partial charge on any atom is 0.0547 e. The lowest BCUT2D eigenvalue weighted by Gasteiger charge is -2.24. The number of aromatic nitrogens is 1. The molecular weight excluding hydrogens is 819 g/mol. The molecule has 1 atom stereocenters. The van der Waals surface area contributed by atoms with Crippen LogP contribution in [0.15, 0.2) is 267 Å². The van der Waals surface area contributed by atoms with E-state index < -0.39 is 0 Å². The number of nitrogens with zero attached hydrogens (tertiary/aromatic N) is 1. The molecule has 1 unspecified atom stereocenters. The summed E-state index contributed by atoms with van der Waals surface area (Å²) in [5, 5.41) is 10.1. The van der Waals surface area contributed by atoms with Gasteiger partial charge in [-0.05, 0) is 136 Å². The summed E-state index contributed by atoms with van der Waals surface area (Å²) in [5.74, 6) is -0.0181. The lowest BCUT2D eigenvalue weighted by molar-refractivity contribution is 0.980. The molecule has 13 rings (SSSR count). The highest BCUT2D eigenvalue weighted by atomic mass is 15.0. The van der Waals surface area contributed by atoms with E-state index in [2.05, 4.69) is 271 Å². The lowest BCUT2D eigenvalue weighted by Crippen LogP contribution is -2.06. The first-order valence-corrected chi connectivity index (χ1v) is 23.6. The molecule has 1 heteroatoms. The molecule has 0 radical (unpaired) electrons. The fraction of sp³-hybridized carbons (Fsp3) is 0.0149. The average molecular weight is 864 g/mol. The van der Waals surface area contributed by atoms with Gasteiger partial charge in [-0.3, -0.25) is 0 Å². The van der Waals surface area contributed by atoms with Crippen LogP contribution in [-0.4, -0.2) is 4.57 Å². The van der Waals surface area contributed by atoms with Crippen LogP contribution < -0.4 is 0 Å². The van der Waals surface area contributed by atoms with Crippen molar-refractivity contribution in [2.24, 2.45) is 0 Å². The molecular formula is C67H45N. The summed E-state index contributed by atoms with van der Waals surface area (Å²) >= 11 is 0. The van der Waals surface area contributed by atoms with Gasteiger partial charge in [-0.1, -0.05) is 224 Å². The molecule has 0 fully saturated rings. The fourth-order valence-corrected chi connectivity index (χ4v) is 10.7. The van der Waals surface area contributed by atoms with E-state index in [1.54, 1.807) is 0 Å². The molecule has 0 saturated heterocycles. The van der Waals surface area contributed by atoms with Crippen LogP contribution in [0.1, 0.15) is 22.6 Å². The quantitative estimate of drug-likeness (QED) is 0.134. The molecule has 0 spiro atoms. The van der Waals surface area contributed by atoms with Gasteiger partial charge in [0, 0.05) is 22.4 Å². The third-order valence-electron chi connectivity index (χ3n) is 14.1. The van der Waals surface area contributed by atoms with Crippen molar-refractivity contribution in [3.8, 4) is 50.2 Å². The zero-order valence-electron chi connectivity index (χ0n) is 37.4. The topological polar surface area (TPSA) is 4.93 Å². The Hall–Kier alpha value is -8.78. The molecule has 1 aromatic heterocycles. The molecule has 0 aliphatic rings. The minimum absolute atomic E-state index is 0.0181. The zero-order chi connectivity index (χ0) is 45.0. The van der Waals surface area contributed by atoms with Crippen molar-refractivity contribution in [3.63, 3.8) is 0 Å². The third-order valence-corrected chi connectivity index (χ3v) is 14.1. The van der Waals surface area contributed by atoms with Gasteiger partial charge in [-0.2, -0.15) is 0 Å². The van der Waals surface area contributed by atoms with Crippen LogP contribution in [0.5, 0.6) is 0 Å². The van der Waals surface area contributed by atoms with Crippen LogP contribution in [0.2, 0.25) is 0 Å². The Morgan fingerprint density at radius 1 is 0.250 bits per heavy atom. The highest BCUT2D eigenvalue weighted by molar-refractivity contribution is 6.16. The van der Waals surface area contributed by atoms with Gasteiger partial charge in [0.15, 0.2) is 0 Å². The van der Waals surface area contributed by atoms with Crippen LogP contribution in [0.25, 0.3) is 104 Å². The molecule has 13 aromatic rings. The smallest absolute Gasteiger partial charge is 0.0547 e. The van der Waals surface area contributed by atoms with Crippen molar-refractivity contribution < 1.29 is 0 Å². The van der Waals surface area contributed by atoms with Gasteiger partial charge in [0.2, 0.25) is 0 Å². The average Bonchev–Trinajstić information content (AvgIpc) is 3.72. The molecule has 0 bridgehead atoms. The van der Waals surface area contributed by atoms with Gasteiger partial charge in [-0.15, -0.1) is 0 Å². The Balaban J connectivity index is 0.912. The second kappa shape index (κ2) is 16.6. The Morgan fingerprint density at radius 2 is 0.676 bits per heavy atom. The molecule has 1 heterocycles. The summed E-state index contributed by atoms with van der Waals surface area (Å²) < 4.78 is 2.44. The van der Waals surface area contributed by atoms with Crippen molar-refractivity contribution in [2.45, 2.75) is 5.92 Å². The highest BCUT2D eigenvalue weighted by Gasteiger charge is 2.23. The summed E-state index contributed by atoms with van der Waals surface area (Å²) in [5.41, 5.74) is 17.1. The summed E-state index contributed by atoms with van der Waals surface area (Å²) in [7, 11) is 0. The second-order valence-corrected chi connectivity index (χ2v) is 18.1. The van der Waals surface area contributed by atoms with Crippen molar-refractivity contribution >= 4 is 54.1 Å². The first-order valence-electron chi connectivity index (χ1n) is 23.6. The van der Waals surface area contributed by atoms with E-state index in [9.17, 15) is 0 Å². The summed E-state index contributed by atoms with van der Waals surface area (Å²) in [6, 6.07) is 98.5. The number of fused-ring (bicyclic) bond motifs is 6. The van der Waals surface area contributed by atoms with Gasteiger partial charge in [0.25, 0.3) is 0 Å². The van der Waals surface area contributed by atoms with Crippen LogP contribution in [0.4, 0.5) is 0 Å². The molecule has 0 aliphatic heterocycles. The summed E-state index contributed by atoms with van der Waals surface area (Å²) in [4.78, 5) is 0. The molecule has 0 aliphatic carbocycles. The van der Waals surface area contributed by atoms with E-state index in [4.69, 9.17) is 0 Å². The number of benzene rings is 12. The summed E-state index contributed by atoms with van der Waals surface area (Å²) in [6.07, 6.45) is 0. The molecule has 0 saturated carbocycles. The third kappa shape index (κ3) is 6.96. The van der Waals surface area contributed by atoms with Gasteiger partial charge in [0.1, 0.15) is 0 Å². The molecule has 0 amide bonds. The van der Waals surface area contributed by atoms with E-state index in [0.29, 0.717) is 0 Å². The van der Waals surface area contributed by atoms with Crippen LogP contribution in [-0.2, 0) is 0 Å². The highest BCUT2D eigenvalue weighted by Crippen LogP contribution is 2.43. The van der Waals surface area contributed by atoms with E-state index >= 15 is 0 Å². The zero-order valence-corrected chi connectivity index (χ0v) is 37.4. The predicted octanol–water partition coefficient (Wildman–Crippen LogP) is 18.1. The molecule has 0 N–H and O–H groups in total. The van der Waals surface area contributed by atoms with Crippen LogP contribution in [0.3, 0.4) is 0 Å². The van der Waals surface area contributed by atoms with Crippen molar-refractivity contribution in [1.29, 1.82) is 0 Å². The van der Waals surface area contributed by atoms with Gasteiger partial charge >= 0.3 is 0 Å². The van der Waals surface area contributed by atoms with E-state index in [-0.39, 0.29) is 5.92 Å². The maximum absolute atomic E-state index is 2.44. The Kier molecular flexibility index (Phi) is 9.65. The maximum atomic E-state index is 2.44. The molecule has 1 nitrogen and oxygen atoms in total. The summed E-state index contributed by atoms with van der Waals surface area (Å²) in [6.45, 7) is 0. The van der Waals surface area contributed by atoms with Gasteiger partial charge < -0.3 is 4.57 Å². The largest absolute Gasteiger partial charge is 0.309 e. The minimum atomic E-state index is -0.0181. The Labute approximate surface area is 396 Å². The van der Waals surface area contributed by atoms with Crippen molar-refractivity contribution in [3.05, 3.63) is 284 Å². The Morgan fingerprint density at radius 3 is 1.26 bits per heavy atom. The SMILES string of the molecule is c1ccc(-c2ccc(C(c3ccc(-c4ccc(-n5c6cc7ccccc7cc6c6cc7ccccc7cc65)cc4)cc3)c3ccc(-c4cccc5ccccc45)cc3)c(-c3ccccc3)c2)cc1. The normalized spacial score (nSPS) is 12.1. The fourth-order valence-electron chi connectivity index (χ4n) is 10.7. The molecule has 68 heavy (non-hydrogen) atoms. The minimum Gasteiger partial charge on any atom is -0.309 e.